The van der Waals surface area contributed by atoms with Gasteiger partial charge >= 0.3 is 6.03 Å². The van der Waals surface area contributed by atoms with Crippen LogP contribution in [-0.4, -0.2) is 12.8 Å². The van der Waals surface area contributed by atoms with E-state index in [1.807, 2.05) is 50.2 Å². The average molecular weight is 333 g/mol. The number of benzene rings is 2. The second-order valence-electron chi connectivity index (χ2n) is 5.32. The lowest BCUT2D eigenvalue weighted by Crippen LogP contribution is -2.32. The van der Waals surface area contributed by atoms with Crippen LogP contribution in [0.25, 0.3) is 0 Å². The molecule has 2 aromatic carbocycles. The van der Waals surface area contributed by atoms with E-state index >= 15 is 0 Å². The van der Waals surface area contributed by atoms with Gasteiger partial charge in [0.05, 0.1) is 10.7 Å². The van der Waals surface area contributed by atoms with E-state index in [1.54, 1.807) is 0 Å². The molecule has 2 amide bonds. The van der Waals surface area contributed by atoms with Crippen molar-refractivity contribution in [2.24, 2.45) is 0 Å². The van der Waals surface area contributed by atoms with Crippen LogP contribution in [0.2, 0.25) is 5.02 Å². The minimum Gasteiger partial charge on any atom is -0.473 e. The maximum atomic E-state index is 12.0. The number of para-hydroxylation sites is 1. The number of carbonyl (C=O) groups is 1. The molecule has 0 aliphatic rings. The number of carbonyl (C=O) groups excluding carboxylic acids is 1. The van der Waals surface area contributed by atoms with Gasteiger partial charge in [0.15, 0.2) is 6.73 Å². The summed E-state index contributed by atoms with van der Waals surface area (Å²) in [4.78, 5) is 12.0. The number of anilines is 1. The average Bonchev–Trinajstić information content (AvgIpc) is 2.51. The third-order valence-corrected chi connectivity index (χ3v) is 3.78. The van der Waals surface area contributed by atoms with Crippen LogP contribution in [0.1, 0.15) is 23.6 Å². The van der Waals surface area contributed by atoms with E-state index in [1.165, 1.54) is 0 Å². The molecule has 0 heterocycles. The highest BCUT2D eigenvalue weighted by molar-refractivity contribution is 6.34. The molecule has 0 fully saturated rings. The Kier molecular flexibility index (Phi) is 5.88. The predicted molar refractivity (Wildman–Crippen MR) is 94.4 cm³/mol. The first-order valence-corrected chi connectivity index (χ1v) is 7.91. The largest absolute Gasteiger partial charge is 0.473 e. The van der Waals surface area contributed by atoms with Crippen molar-refractivity contribution in [1.82, 2.24) is 5.32 Å². The summed E-state index contributed by atoms with van der Waals surface area (Å²) >= 11 is 6.17. The van der Waals surface area contributed by atoms with Crippen LogP contribution in [0.3, 0.4) is 0 Å². The van der Waals surface area contributed by atoms with Crippen LogP contribution >= 0.6 is 11.6 Å². The molecule has 0 radical (unpaired) electrons. The zero-order chi connectivity index (χ0) is 16.8. The SMILES string of the molecule is CCc1ccccc1OCNC(=O)Nc1c(C)cc(C)cc1Cl. The monoisotopic (exact) mass is 332 g/mol. The molecule has 0 aromatic heterocycles. The molecule has 2 rings (SSSR count). The summed E-state index contributed by atoms with van der Waals surface area (Å²) in [6.45, 7) is 6.01. The first-order chi connectivity index (χ1) is 11.0. The standard InChI is InChI=1S/C18H21ClN2O2/c1-4-14-7-5-6-8-16(14)23-11-20-18(22)21-17-13(3)9-12(2)10-15(17)19/h5-10H,4,11H2,1-3H3,(H2,20,21,22). The molecular formula is C18H21ClN2O2. The van der Waals surface area contributed by atoms with Crippen molar-refractivity contribution < 1.29 is 9.53 Å². The lowest BCUT2D eigenvalue weighted by Gasteiger charge is -2.14. The van der Waals surface area contributed by atoms with Crippen LogP contribution in [0.15, 0.2) is 36.4 Å². The van der Waals surface area contributed by atoms with Gasteiger partial charge in [-0.15, -0.1) is 0 Å². The first kappa shape index (κ1) is 17.2. The zero-order valence-corrected chi connectivity index (χ0v) is 14.3. The molecule has 0 aliphatic carbocycles. The van der Waals surface area contributed by atoms with Crippen molar-refractivity contribution in [3.05, 3.63) is 58.1 Å². The summed E-state index contributed by atoms with van der Waals surface area (Å²) in [5.74, 6) is 0.778. The van der Waals surface area contributed by atoms with Crippen molar-refractivity contribution >= 4 is 23.3 Å². The highest BCUT2D eigenvalue weighted by Crippen LogP contribution is 2.27. The molecule has 0 atom stereocenters. The second-order valence-corrected chi connectivity index (χ2v) is 5.73. The first-order valence-electron chi connectivity index (χ1n) is 7.53. The van der Waals surface area contributed by atoms with Crippen LogP contribution in [0, 0.1) is 13.8 Å². The van der Waals surface area contributed by atoms with Gasteiger partial charge in [-0.05, 0) is 49.1 Å². The Balaban J connectivity index is 1.91. The number of amides is 2. The molecule has 2 N–H and O–H groups in total. The van der Waals surface area contributed by atoms with E-state index in [9.17, 15) is 4.79 Å². The Morgan fingerprint density at radius 3 is 2.65 bits per heavy atom. The Morgan fingerprint density at radius 1 is 1.22 bits per heavy atom. The maximum Gasteiger partial charge on any atom is 0.321 e. The van der Waals surface area contributed by atoms with Gasteiger partial charge in [-0.25, -0.2) is 4.79 Å². The van der Waals surface area contributed by atoms with Gasteiger partial charge in [0.2, 0.25) is 0 Å². The predicted octanol–water partition coefficient (Wildman–Crippen LogP) is 4.68. The van der Waals surface area contributed by atoms with Crippen molar-refractivity contribution in [2.45, 2.75) is 27.2 Å². The number of rotatable bonds is 5. The summed E-state index contributed by atoms with van der Waals surface area (Å²) in [7, 11) is 0. The normalized spacial score (nSPS) is 10.3. The van der Waals surface area contributed by atoms with Crippen LogP contribution in [-0.2, 0) is 6.42 Å². The lowest BCUT2D eigenvalue weighted by molar-refractivity contribution is 0.234. The summed E-state index contributed by atoms with van der Waals surface area (Å²) in [6, 6.07) is 11.2. The van der Waals surface area contributed by atoms with Crippen molar-refractivity contribution in [2.75, 3.05) is 12.0 Å². The number of aryl methyl sites for hydroxylation is 3. The Labute approximate surface area is 141 Å². The lowest BCUT2D eigenvalue weighted by atomic mass is 10.1. The molecule has 0 unspecified atom stereocenters. The number of nitrogens with one attached hydrogen (secondary N) is 2. The van der Waals surface area contributed by atoms with Gasteiger partial charge in [0.25, 0.3) is 0 Å². The molecule has 0 spiro atoms. The minimum absolute atomic E-state index is 0.0887. The molecule has 122 valence electrons. The topological polar surface area (TPSA) is 50.4 Å². The van der Waals surface area contributed by atoms with Crippen LogP contribution in [0.5, 0.6) is 5.75 Å². The molecule has 0 bridgehead atoms. The van der Waals surface area contributed by atoms with Gasteiger partial charge < -0.3 is 15.4 Å². The van der Waals surface area contributed by atoms with E-state index in [2.05, 4.69) is 17.6 Å². The Bertz CT molecular complexity index is 678. The molecule has 0 saturated heterocycles. The molecule has 0 aliphatic heterocycles. The van der Waals surface area contributed by atoms with E-state index in [0.29, 0.717) is 10.7 Å². The van der Waals surface area contributed by atoms with Crippen LogP contribution in [0.4, 0.5) is 10.5 Å². The van der Waals surface area contributed by atoms with E-state index < -0.39 is 0 Å². The number of halogens is 1. The fourth-order valence-corrected chi connectivity index (χ4v) is 2.72. The van der Waals surface area contributed by atoms with Crippen molar-refractivity contribution in [3.63, 3.8) is 0 Å². The third kappa shape index (κ3) is 4.63. The Morgan fingerprint density at radius 2 is 1.96 bits per heavy atom. The fourth-order valence-electron chi connectivity index (χ4n) is 2.35. The van der Waals surface area contributed by atoms with E-state index in [0.717, 1.165) is 28.9 Å². The number of ether oxygens (including phenoxy) is 1. The van der Waals surface area contributed by atoms with Crippen molar-refractivity contribution in [1.29, 1.82) is 0 Å². The molecule has 2 aromatic rings. The highest BCUT2D eigenvalue weighted by atomic mass is 35.5. The van der Waals surface area contributed by atoms with Crippen molar-refractivity contribution in [3.8, 4) is 5.75 Å². The quantitative estimate of drug-likeness (QED) is 0.781. The highest BCUT2D eigenvalue weighted by Gasteiger charge is 2.09. The molecule has 0 saturated carbocycles. The van der Waals surface area contributed by atoms with Crippen LogP contribution < -0.4 is 15.4 Å². The Hall–Kier alpha value is -2.20. The molecule has 5 heteroatoms. The summed E-state index contributed by atoms with van der Waals surface area (Å²) in [6.07, 6.45) is 0.876. The maximum absolute atomic E-state index is 12.0. The zero-order valence-electron chi connectivity index (χ0n) is 13.6. The summed E-state index contributed by atoms with van der Waals surface area (Å²) < 4.78 is 5.61. The summed E-state index contributed by atoms with van der Waals surface area (Å²) in [5, 5.41) is 5.95. The fraction of sp³-hybridized carbons (Fsp3) is 0.278. The van der Waals surface area contributed by atoms with Gasteiger partial charge in [-0.2, -0.15) is 0 Å². The van der Waals surface area contributed by atoms with E-state index in [4.69, 9.17) is 16.3 Å². The van der Waals surface area contributed by atoms with Gasteiger partial charge in [-0.3, -0.25) is 0 Å². The smallest absolute Gasteiger partial charge is 0.321 e. The van der Waals surface area contributed by atoms with Gasteiger partial charge in [0, 0.05) is 0 Å². The van der Waals surface area contributed by atoms with Gasteiger partial charge in [-0.1, -0.05) is 42.8 Å². The minimum atomic E-state index is -0.354. The third-order valence-electron chi connectivity index (χ3n) is 3.48. The number of hydrogen-bond acceptors (Lipinski definition) is 2. The summed E-state index contributed by atoms with van der Waals surface area (Å²) in [5.41, 5.74) is 3.69. The number of urea groups is 1. The molecular weight excluding hydrogens is 312 g/mol. The molecule has 23 heavy (non-hydrogen) atoms. The number of hydrogen-bond donors (Lipinski definition) is 2. The second kappa shape index (κ2) is 7.88. The molecule has 4 nitrogen and oxygen atoms in total. The van der Waals surface area contributed by atoms with E-state index in [-0.39, 0.29) is 12.8 Å². The van der Waals surface area contributed by atoms with Gasteiger partial charge in [0.1, 0.15) is 5.75 Å².